The van der Waals surface area contributed by atoms with Crippen molar-refractivity contribution in [1.29, 1.82) is 0 Å². The van der Waals surface area contributed by atoms with E-state index >= 15 is 0 Å². The zero-order valence-corrected chi connectivity index (χ0v) is 11.6. The standard InChI is InChI=1S/C14H20ClN3/c1-11-9-17-6-2-3-13(17)10-18(11)14-8-16-5-4-12(14)7-15/h4-5,8,11,13H,2-3,6-7,9-10H2,1H3. The number of piperazine rings is 1. The van der Waals surface area contributed by atoms with E-state index in [4.69, 9.17) is 11.6 Å². The van der Waals surface area contributed by atoms with E-state index in [9.17, 15) is 0 Å². The summed E-state index contributed by atoms with van der Waals surface area (Å²) in [6.45, 7) is 5.87. The van der Waals surface area contributed by atoms with Gasteiger partial charge < -0.3 is 4.90 Å². The summed E-state index contributed by atoms with van der Waals surface area (Å²) in [7, 11) is 0. The van der Waals surface area contributed by atoms with Crippen molar-refractivity contribution in [2.75, 3.05) is 24.5 Å². The monoisotopic (exact) mass is 265 g/mol. The maximum absolute atomic E-state index is 6.05. The number of aromatic nitrogens is 1. The molecule has 3 rings (SSSR count). The molecule has 2 aliphatic heterocycles. The lowest BCUT2D eigenvalue weighted by Gasteiger charge is -2.44. The molecule has 2 unspecified atom stereocenters. The fraction of sp³-hybridized carbons (Fsp3) is 0.643. The van der Waals surface area contributed by atoms with E-state index in [1.165, 1.54) is 37.2 Å². The molecule has 18 heavy (non-hydrogen) atoms. The molecule has 0 bridgehead atoms. The summed E-state index contributed by atoms with van der Waals surface area (Å²) in [4.78, 5) is 9.41. The largest absolute Gasteiger partial charge is 0.364 e. The van der Waals surface area contributed by atoms with Crippen LogP contribution < -0.4 is 4.90 Å². The summed E-state index contributed by atoms with van der Waals surface area (Å²) in [6.07, 6.45) is 6.48. The lowest BCUT2D eigenvalue weighted by Crippen LogP contribution is -2.55. The Kier molecular flexibility index (Phi) is 3.44. The molecule has 3 heterocycles. The van der Waals surface area contributed by atoms with Crippen LogP contribution in [0, 0.1) is 0 Å². The molecule has 2 aliphatic rings. The SMILES string of the molecule is CC1CN2CCCC2CN1c1cnccc1CCl. The highest BCUT2D eigenvalue weighted by molar-refractivity contribution is 6.17. The van der Waals surface area contributed by atoms with Crippen molar-refractivity contribution in [1.82, 2.24) is 9.88 Å². The van der Waals surface area contributed by atoms with Crippen LogP contribution in [-0.2, 0) is 5.88 Å². The van der Waals surface area contributed by atoms with Gasteiger partial charge in [0.05, 0.1) is 11.9 Å². The van der Waals surface area contributed by atoms with Gasteiger partial charge in [-0.2, -0.15) is 0 Å². The van der Waals surface area contributed by atoms with Crippen LogP contribution in [0.3, 0.4) is 0 Å². The number of nitrogens with zero attached hydrogens (tertiary/aromatic N) is 3. The topological polar surface area (TPSA) is 19.4 Å². The Balaban J connectivity index is 1.86. The van der Waals surface area contributed by atoms with Gasteiger partial charge in [-0.05, 0) is 37.9 Å². The number of rotatable bonds is 2. The first kappa shape index (κ1) is 12.2. The highest BCUT2D eigenvalue weighted by Crippen LogP contribution is 2.30. The first-order valence-corrected chi connectivity index (χ1v) is 7.32. The van der Waals surface area contributed by atoms with Gasteiger partial charge in [0.15, 0.2) is 0 Å². The van der Waals surface area contributed by atoms with Crippen LogP contribution in [-0.4, -0.2) is 41.6 Å². The van der Waals surface area contributed by atoms with Gasteiger partial charge in [0, 0.05) is 37.3 Å². The Morgan fingerprint density at radius 2 is 2.33 bits per heavy atom. The maximum Gasteiger partial charge on any atom is 0.0600 e. The predicted molar refractivity (Wildman–Crippen MR) is 75.2 cm³/mol. The average molecular weight is 266 g/mol. The van der Waals surface area contributed by atoms with Crippen molar-refractivity contribution in [2.24, 2.45) is 0 Å². The molecule has 0 N–H and O–H groups in total. The van der Waals surface area contributed by atoms with Crippen LogP contribution in [0.2, 0.25) is 0 Å². The minimum atomic E-state index is 0.547. The number of halogens is 1. The number of anilines is 1. The summed E-state index contributed by atoms with van der Waals surface area (Å²) in [5.74, 6) is 0.565. The van der Waals surface area contributed by atoms with Crippen LogP contribution >= 0.6 is 11.6 Å². The molecular weight excluding hydrogens is 246 g/mol. The number of hydrogen-bond acceptors (Lipinski definition) is 3. The fourth-order valence-electron chi connectivity index (χ4n) is 3.31. The second-order valence-corrected chi connectivity index (χ2v) is 5.70. The van der Waals surface area contributed by atoms with Crippen LogP contribution in [0.4, 0.5) is 5.69 Å². The molecule has 2 atom stereocenters. The number of hydrogen-bond donors (Lipinski definition) is 0. The van der Waals surface area contributed by atoms with Crippen LogP contribution in [0.1, 0.15) is 25.3 Å². The van der Waals surface area contributed by atoms with Crippen molar-refractivity contribution in [2.45, 2.75) is 37.7 Å². The zero-order valence-electron chi connectivity index (χ0n) is 10.8. The molecule has 1 aromatic heterocycles. The second-order valence-electron chi connectivity index (χ2n) is 5.43. The van der Waals surface area contributed by atoms with E-state index < -0.39 is 0 Å². The predicted octanol–water partition coefficient (Wildman–Crippen LogP) is 2.49. The minimum absolute atomic E-state index is 0.547. The summed E-state index contributed by atoms with van der Waals surface area (Å²) < 4.78 is 0. The quantitative estimate of drug-likeness (QED) is 0.766. The normalized spacial score (nSPS) is 28.4. The molecular formula is C14H20ClN3. The van der Waals surface area contributed by atoms with Gasteiger partial charge in [-0.25, -0.2) is 0 Å². The fourth-order valence-corrected chi connectivity index (χ4v) is 3.54. The highest BCUT2D eigenvalue weighted by Gasteiger charge is 2.34. The Hall–Kier alpha value is -0.800. The van der Waals surface area contributed by atoms with Crippen molar-refractivity contribution in [3.05, 3.63) is 24.0 Å². The highest BCUT2D eigenvalue weighted by atomic mass is 35.5. The Labute approximate surface area is 114 Å². The third-order valence-corrected chi connectivity index (χ3v) is 4.57. The molecule has 1 aromatic rings. The number of pyridine rings is 1. The molecule has 3 nitrogen and oxygen atoms in total. The Morgan fingerprint density at radius 3 is 3.17 bits per heavy atom. The molecule has 0 radical (unpaired) electrons. The third kappa shape index (κ3) is 2.10. The molecule has 0 spiro atoms. The van der Waals surface area contributed by atoms with E-state index in [1.54, 1.807) is 0 Å². The molecule has 2 fully saturated rings. The van der Waals surface area contributed by atoms with Crippen LogP contribution in [0.25, 0.3) is 0 Å². The molecule has 0 amide bonds. The Bertz CT molecular complexity index is 423. The lowest BCUT2D eigenvalue weighted by molar-refractivity contribution is 0.203. The third-order valence-electron chi connectivity index (χ3n) is 4.28. The van der Waals surface area contributed by atoms with Gasteiger partial charge in [0.1, 0.15) is 0 Å². The lowest BCUT2D eigenvalue weighted by atomic mass is 10.1. The first-order chi connectivity index (χ1) is 8.79. The molecule has 98 valence electrons. The molecule has 2 saturated heterocycles. The summed E-state index contributed by atoms with van der Waals surface area (Å²) in [5.41, 5.74) is 2.43. The van der Waals surface area contributed by atoms with Crippen molar-refractivity contribution in [3.8, 4) is 0 Å². The summed E-state index contributed by atoms with van der Waals surface area (Å²) in [6, 6.07) is 3.31. The van der Waals surface area contributed by atoms with Gasteiger partial charge in [-0.15, -0.1) is 11.6 Å². The van der Waals surface area contributed by atoms with Crippen molar-refractivity contribution in [3.63, 3.8) is 0 Å². The first-order valence-electron chi connectivity index (χ1n) is 6.79. The van der Waals surface area contributed by atoms with Crippen molar-refractivity contribution >= 4 is 17.3 Å². The maximum atomic E-state index is 6.05. The smallest absolute Gasteiger partial charge is 0.0600 e. The molecule has 0 aromatic carbocycles. The van der Waals surface area contributed by atoms with Gasteiger partial charge in [0.25, 0.3) is 0 Å². The minimum Gasteiger partial charge on any atom is -0.364 e. The van der Waals surface area contributed by atoms with E-state index in [1.807, 2.05) is 18.5 Å². The average Bonchev–Trinajstić information content (AvgIpc) is 2.84. The van der Waals surface area contributed by atoms with E-state index in [2.05, 4.69) is 21.7 Å². The van der Waals surface area contributed by atoms with Crippen LogP contribution in [0.15, 0.2) is 18.5 Å². The van der Waals surface area contributed by atoms with Gasteiger partial charge >= 0.3 is 0 Å². The van der Waals surface area contributed by atoms with Crippen LogP contribution in [0.5, 0.6) is 0 Å². The van der Waals surface area contributed by atoms with Gasteiger partial charge in [0.2, 0.25) is 0 Å². The van der Waals surface area contributed by atoms with E-state index in [0.29, 0.717) is 11.9 Å². The van der Waals surface area contributed by atoms with Gasteiger partial charge in [-0.3, -0.25) is 9.88 Å². The van der Waals surface area contributed by atoms with E-state index in [-0.39, 0.29) is 0 Å². The van der Waals surface area contributed by atoms with Gasteiger partial charge in [-0.1, -0.05) is 0 Å². The number of fused-ring (bicyclic) bond motifs is 1. The molecule has 4 heteroatoms. The zero-order chi connectivity index (χ0) is 12.5. The molecule has 0 saturated carbocycles. The Morgan fingerprint density at radius 1 is 1.44 bits per heavy atom. The van der Waals surface area contributed by atoms with Crippen molar-refractivity contribution < 1.29 is 0 Å². The van der Waals surface area contributed by atoms with E-state index in [0.717, 1.165) is 12.6 Å². The number of alkyl halides is 1. The summed E-state index contributed by atoms with van der Waals surface area (Å²) >= 11 is 6.05. The molecule has 0 aliphatic carbocycles. The summed E-state index contributed by atoms with van der Waals surface area (Å²) in [5, 5.41) is 0. The second kappa shape index (κ2) is 5.06.